The Hall–Kier alpha value is -2.74. The van der Waals surface area contributed by atoms with Gasteiger partial charge in [-0.3, -0.25) is 9.59 Å². The quantitative estimate of drug-likeness (QED) is 0.394. The maximum atomic E-state index is 13.0. The zero-order valence-corrected chi connectivity index (χ0v) is 19.1. The van der Waals surface area contributed by atoms with Gasteiger partial charge in [-0.2, -0.15) is 0 Å². The highest BCUT2D eigenvalue weighted by molar-refractivity contribution is 5.97. The summed E-state index contributed by atoms with van der Waals surface area (Å²) in [5.41, 5.74) is 0.818. The number of ketones is 1. The molecule has 2 N–H and O–H groups in total. The zero-order chi connectivity index (χ0) is 23.7. The standard InChI is InChI=1S/C27H29NO6/c1-28-12-11-26-18-8-9-20(29)25(26)34-27(22(31)10-7-17(24(26)27)13-19(18)28)14-23(32)33-15-21(30)16-5-3-2-4-6-16/h2-6,8-10,18-20,25,29,31H,7,11-15H2,1H3/t18-,19+,20-,25-,26-,27?/m0/s1. The van der Waals surface area contributed by atoms with E-state index >= 15 is 0 Å². The topological polar surface area (TPSA) is 96.3 Å². The molecule has 0 saturated carbocycles. The molecule has 0 aromatic heterocycles. The second-order valence-corrected chi connectivity index (χ2v) is 10.2. The van der Waals surface area contributed by atoms with Crippen LogP contribution in [0.1, 0.15) is 36.0 Å². The Kier molecular flexibility index (Phi) is 4.89. The molecule has 2 heterocycles. The van der Waals surface area contributed by atoms with E-state index < -0.39 is 29.2 Å². The van der Waals surface area contributed by atoms with Gasteiger partial charge in [0.2, 0.25) is 0 Å². The number of piperidine rings is 1. The number of hydrogen-bond acceptors (Lipinski definition) is 7. The molecule has 7 heteroatoms. The molecule has 0 amide bonds. The summed E-state index contributed by atoms with van der Waals surface area (Å²) in [6, 6.07) is 8.98. The lowest BCUT2D eigenvalue weighted by Crippen LogP contribution is -2.61. The van der Waals surface area contributed by atoms with Crippen molar-refractivity contribution in [2.24, 2.45) is 11.3 Å². The van der Waals surface area contributed by atoms with Gasteiger partial charge in [-0.1, -0.05) is 48.1 Å². The lowest BCUT2D eigenvalue weighted by Gasteiger charge is -2.58. The number of hydrogen-bond donors (Lipinski definition) is 2. The number of allylic oxidation sites excluding steroid dienone is 1. The van der Waals surface area contributed by atoms with E-state index in [2.05, 4.69) is 18.0 Å². The van der Waals surface area contributed by atoms with Crippen molar-refractivity contribution in [1.82, 2.24) is 4.90 Å². The largest absolute Gasteiger partial charge is 0.509 e. The Bertz CT molecular complexity index is 1140. The minimum absolute atomic E-state index is 0.00434. The Balaban J connectivity index is 1.33. The molecule has 3 aliphatic carbocycles. The van der Waals surface area contributed by atoms with Crippen molar-refractivity contribution in [2.75, 3.05) is 20.2 Å². The highest BCUT2D eigenvalue weighted by Gasteiger charge is 2.71. The molecule has 1 aromatic rings. The molecule has 1 spiro atoms. The molecule has 2 bridgehead atoms. The van der Waals surface area contributed by atoms with Crippen LogP contribution in [-0.2, 0) is 14.3 Å². The van der Waals surface area contributed by atoms with Crippen LogP contribution in [0.15, 0.2) is 65.5 Å². The van der Waals surface area contributed by atoms with Crippen molar-refractivity contribution in [1.29, 1.82) is 0 Å². The predicted molar refractivity (Wildman–Crippen MR) is 123 cm³/mol. The molecule has 178 valence electrons. The van der Waals surface area contributed by atoms with Gasteiger partial charge in [-0.05, 0) is 44.5 Å². The van der Waals surface area contributed by atoms with Crippen LogP contribution in [0.4, 0.5) is 0 Å². The van der Waals surface area contributed by atoms with Gasteiger partial charge in [0, 0.05) is 22.9 Å². The monoisotopic (exact) mass is 463 g/mol. The summed E-state index contributed by atoms with van der Waals surface area (Å²) < 4.78 is 11.9. The maximum absolute atomic E-state index is 13.0. The van der Waals surface area contributed by atoms with E-state index in [9.17, 15) is 19.8 Å². The molecular weight excluding hydrogens is 434 g/mol. The van der Waals surface area contributed by atoms with Crippen molar-refractivity contribution in [3.63, 3.8) is 0 Å². The van der Waals surface area contributed by atoms with Gasteiger partial charge in [-0.15, -0.1) is 0 Å². The van der Waals surface area contributed by atoms with E-state index in [4.69, 9.17) is 9.47 Å². The number of Topliss-reactive ketones (excluding diaryl/α,β-unsaturated/α-hetero) is 1. The highest BCUT2D eigenvalue weighted by Crippen LogP contribution is 2.68. The van der Waals surface area contributed by atoms with Crippen molar-refractivity contribution in [3.05, 3.63) is 71.0 Å². The van der Waals surface area contributed by atoms with Gasteiger partial charge >= 0.3 is 5.97 Å². The average molecular weight is 464 g/mol. The van der Waals surface area contributed by atoms with E-state index in [0.717, 1.165) is 25.0 Å². The first-order chi connectivity index (χ1) is 16.4. The van der Waals surface area contributed by atoms with E-state index in [1.807, 2.05) is 6.07 Å². The highest BCUT2D eigenvalue weighted by atomic mass is 16.6. The average Bonchev–Trinajstić information content (AvgIpc) is 3.15. The predicted octanol–water partition coefficient (Wildman–Crippen LogP) is 2.72. The molecule has 7 nitrogen and oxygen atoms in total. The minimum atomic E-state index is -1.35. The molecule has 1 aromatic carbocycles. The first-order valence-electron chi connectivity index (χ1n) is 12.0. The summed E-state index contributed by atoms with van der Waals surface area (Å²) in [5.74, 6) is -0.751. The van der Waals surface area contributed by atoms with Crippen LogP contribution in [0.3, 0.4) is 0 Å². The molecule has 2 aliphatic heterocycles. The van der Waals surface area contributed by atoms with Crippen molar-refractivity contribution < 1.29 is 29.3 Å². The molecule has 1 unspecified atom stereocenters. The fourth-order valence-corrected chi connectivity index (χ4v) is 7.18. The van der Waals surface area contributed by atoms with E-state index in [-0.39, 0.29) is 30.5 Å². The first kappa shape index (κ1) is 21.8. The van der Waals surface area contributed by atoms with Crippen LogP contribution in [0.5, 0.6) is 0 Å². The van der Waals surface area contributed by atoms with Crippen molar-refractivity contribution >= 4 is 11.8 Å². The summed E-state index contributed by atoms with van der Waals surface area (Å²) in [4.78, 5) is 27.9. The van der Waals surface area contributed by atoms with Crippen LogP contribution >= 0.6 is 0 Å². The van der Waals surface area contributed by atoms with E-state index in [1.165, 1.54) is 5.57 Å². The Labute approximate surface area is 198 Å². The first-order valence-corrected chi connectivity index (χ1v) is 12.0. The Morgan fingerprint density at radius 3 is 2.82 bits per heavy atom. The molecular formula is C27H29NO6. The summed E-state index contributed by atoms with van der Waals surface area (Å²) in [5, 5.41) is 22.1. The molecule has 5 aliphatic rings. The molecule has 2 fully saturated rings. The smallest absolute Gasteiger partial charge is 0.310 e. The van der Waals surface area contributed by atoms with Crippen molar-refractivity contribution in [3.8, 4) is 0 Å². The van der Waals surface area contributed by atoms with Crippen LogP contribution in [0.2, 0.25) is 0 Å². The number of aliphatic hydroxyl groups excluding tert-OH is 2. The Morgan fingerprint density at radius 1 is 1.24 bits per heavy atom. The number of nitrogens with zero attached hydrogens (tertiary/aromatic N) is 1. The number of likely N-dealkylation sites (tertiary alicyclic amines) is 1. The minimum Gasteiger partial charge on any atom is -0.509 e. The maximum Gasteiger partial charge on any atom is 0.310 e. The number of ether oxygens (including phenoxy) is 2. The normalized spacial score (nSPS) is 37.8. The SMILES string of the molecule is CN1CC[C@]23C4=C5CC=C(O)C4(CC(=O)OCC(=O)c4ccccc4)O[C@H]2[C@@H](O)C=C[C@H]3[C@H]1C5. The van der Waals surface area contributed by atoms with E-state index in [1.54, 1.807) is 36.4 Å². The molecule has 34 heavy (non-hydrogen) atoms. The number of carbonyl (C=O) groups is 2. The summed E-state index contributed by atoms with van der Waals surface area (Å²) in [6.45, 7) is 0.485. The molecule has 6 atom stereocenters. The van der Waals surface area contributed by atoms with Crippen molar-refractivity contribution in [2.45, 2.75) is 49.5 Å². The van der Waals surface area contributed by atoms with Crippen LogP contribution < -0.4 is 0 Å². The summed E-state index contributed by atoms with van der Waals surface area (Å²) in [6.07, 6.45) is 6.27. The van der Waals surface area contributed by atoms with Gasteiger partial charge in [0.1, 0.15) is 5.76 Å². The zero-order valence-electron chi connectivity index (χ0n) is 19.1. The number of rotatable bonds is 5. The van der Waals surface area contributed by atoms with E-state index in [0.29, 0.717) is 18.0 Å². The van der Waals surface area contributed by atoms with Gasteiger partial charge in [-0.25, -0.2) is 0 Å². The third kappa shape index (κ3) is 2.87. The van der Waals surface area contributed by atoms with Gasteiger partial charge in [0.05, 0.1) is 18.6 Å². The summed E-state index contributed by atoms with van der Waals surface area (Å²) >= 11 is 0. The van der Waals surface area contributed by atoms with Crippen LogP contribution in [0.25, 0.3) is 0 Å². The van der Waals surface area contributed by atoms with Crippen LogP contribution in [0, 0.1) is 11.3 Å². The fourth-order valence-electron chi connectivity index (χ4n) is 7.18. The Morgan fingerprint density at radius 2 is 2.03 bits per heavy atom. The summed E-state index contributed by atoms with van der Waals surface area (Å²) in [7, 11) is 2.14. The van der Waals surface area contributed by atoms with Gasteiger partial charge < -0.3 is 24.6 Å². The number of esters is 1. The van der Waals surface area contributed by atoms with Crippen LogP contribution in [-0.4, -0.2) is 70.9 Å². The molecule has 2 saturated heterocycles. The third-order valence-corrected chi connectivity index (χ3v) is 8.60. The van der Waals surface area contributed by atoms with Gasteiger partial charge in [0.15, 0.2) is 18.0 Å². The van der Waals surface area contributed by atoms with Gasteiger partial charge in [0.25, 0.3) is 0 Å². The number of carbonyl (C=O) groups excluding carboxylic acids is 2. The molecule has 6 rings (SSSR count). The third-order valence-electron chi connectivity index (χ3n) is 8.60. The second kappa shape index (κ2) is 7.63. The number of benzene rings is 1. The lowest BCUT2D eigenvalue weighted by atomic mass is 9.50. The number of aliphatic hydroxyl groups is 2. The fraction of sp³-hybridized carbons (Fsp3) is 0.481. The molecule has 0 radical (unpaired) electrons. The second-order valence-electron chi connectivity index (χ2n) is 10.2. The lowest BCUT2D eigenvalue weighted by molar-refractivity contribution is -0.153.